The summed E-state index contributed by atoms with van der Waals surface area (Å²) in [6, 6.07) is 20.4. The molecule has 1 atom stereocenters. The van der Waals surface area contributed by atoms with Crippen molar-refractivity contribution in [3.05, 3.63) is 101 Å². The number of imide groups is 1. The zero-order valence-electron chi connectivity index (χ0n) is 16.8. The highest BCUT2D eigenvalue weighted by atomic mass is 16.5. The molecule has 30 heavy (non-hydrogen) atoms. The first kappa shape index (κ1) is 19.6. The molecule has 1 aliphatic heterocycles. The van der Waals surface area contributed by atoms with Gasteiger partial charge in [-0.25, -0.2) is 4.79 Å². The molecular formula is C25H21NO4. The fourth-order valence-corrected chi connectivity index (χ4v) is 3.60. The van der Waals surface area contributed by atoms with Gasteiger partial charge in [0.15, 0.2) is 0 Å². The van der Waals surface area contributed by atoms with E-state index in [9.17, 15) is 14.4 Å². The Morgan fingerprint density at radius 1 is 0.867 bits per heavy atom. The molecule has 5 heteroatoms. The number of aryl methyl sites for hydroxylation is 2. The Morgan fingerprint density at radius 2 is 1.47 bits per heavy atom. The molecule has 3 aromatic rings. The SMILES string of the molecule is Cc1ccc(C)c(OC(=O)[C@H](Cc2ccccc2)N2C(=O)c3ccccc3C2=O)c1. The number of hydrogen-bond acceptors (Lipinski definition) is 4. The van der Waals surface area contributed by atoms with Gasteiger partial charge in [0.2, 0.25) is 0 Å². The van der Waals surface area contributed by atoms with Crippen LogP contribution in [-0.2, 0) is 11.2 Å². The number of rotatable bonds is 5. The second-order valence-corrected chi connectivity index (χ2v) is 7.42. The molecule has 0 fully saturated rings. The molecule has 150 valence electrons. The van der Waals surface area contributed by atoms with Gasteiger partial charge in [0.05, 0.1) is 11.1 Å². The van der Waals surface area contributed by atoms with Crippen molar-refractivity contribution >= 4 is 17.8 Å². The fourth-order valence-electron chi connectivity index (χ4n) is 3.60. The molecule has 3 aromatic carbocycles. The van der Waals surface area contributed by atoms with Gasteiger partial charge in [0, 0.05) is 6.42 Å². The summed E-state index contributed by atoms with van der Waals surface area (Å²) in [7, 11) is 0. The van der Waals surface area contributed by atoms with Crippen LogP contribution < -0.4 is 4.74 Å². The lowest BCUT2D eigenvalue weighted by atomic mass is 10.0. The number of fused-ring (bicyclic) bond motifs is 1. The lowest BCUT2D eigenvalue weighted by Gasteiger charge is -2.25. The van der Waals surface area contributed by atoms with Gasteiger partial charge in [-0.2, -0.15) is 0 Å². The second-order valence-electron chi connectivity index (χ2n) is 7.42. The molecule has 0 spiro atoms. The van der Waals surface area contributed by atoms with E-state index in [-0.39, 0.29) is 6.42 Å². The van der Waals surface area contributed by atoms with Crippen LogP contribution in [0.4, 0.5) is 0 Å². The Balaban J connectivity index is 1.70. The minimum atomic E-state index is -1.07. The number of esters is 1. The maximum absolute atomic E-state index is 13.2. The quantitative estimate of drug-likeness (QED) is 0.368. The number of ether oxygens (including phenoxy) is 1. The van der Waals surface area contributed by atoms with E-state index in [1.54, 1.807) is 30.3 Å². The molecule has 0 unspecified atom stereocenters. The fraction of sp³-hybridized carbons (Fsp3) is 0.160. The van der Waals surface area contributed by atoms with Crippen LogP contribution >= 0.6 is 0 Å². The smallest absolute Gasteiger partial charge is 0.335 e. The van der Waals surface area contributed by atoms with Gasteiger partial charge >= 0.3 is 5.97 Å². The zero-order valence-corrected chi connectivity index (χ0v) is 16.8. The molecule has 0 aliphatic carbocycles. The molecule has 4 rings (SSSR count). The summed E-state index contributed by atoms with van der Waals surface area (Å²) < 4.78 is 5.68. The van der Waals surface area contributed by atoms with Crippen molar-refractivity contribution in [2.24, 2.45) is 0 Å². The molecule has 1 heterocycles. The van der Waals surface area contributed by atoms with Crippen LogP contribution in [0.5, 0.6) is 5.75 Å². The Kier molecular flexibility index (Phi) is 5.19. The van der Waals surface area contributed by atoms with Gasteiger partial charge in [-0.1, -0.05) is 54.6 Å². The first-order valence-electron chi connectivity index (χ1n) is 9.75. The summed E-state index contributed by atoms with van der Waals surface area (Å²) in [4.78, 5) is 40.3. The van der Waals surface area contributed by atoms with Crippen LogP contribution in [0.2, 0.25) is 0 Å². The molecule has 0 N–H and O–H groups in total. The van der Waals surface area contributed by atoms with E-state index in [1.165, 1.54) is 0 Å². The first-order valence-corrected chi connectivity index (χ1v) is 9.75. The first-order chi connectivity index (χ1) is 14.5. The van der Waals surface area contributed by atoms with E-state index in [2.05, 4.69) is 0 Å². The monoisotopic (exact) mass is 399 g/mol. The third kappa shape index (κ3) is 3.62. The molecule has 0 saturated carbocycles. The Hall–Kier alpha value is -3.73. The Bertz CT molecular complexity index is 1100. The minimum absolute atomic E-state index is 0.177. The van der Waals surface area contributed by atoms with Crippen molar-refractivity contribution in [2.75, 3.05) is 0 Å². The van der Waals surface area contributed by atoms with Crippen LogP contribution in [-0.4, -0.2) is 28.7 Å². The van der Waals surface area contributed by atoms with Crippen molar-refractivity contribution in [1.82, 2.24) is 4.90 Å². The van der Waals surface area contributed by atoms with Crippen LogP contribution in [0, 0.1) is 13.8 Å². The standard InChI is InChI=1S/C25H21NO4/c1-16-12-13-17(2)22(14-16)30-25(29)21(15-18-8-4-3-5-9-18)26-23(27)19-10-6-7-11-20(19)24(26)28/h3-14,21H,15H2,1-2H3/t21-/m0/s1. The average molecular weight is 399 g/mol. The number of carbonyl (C=O) groups is 3. The van der Waals surface area contributed by atoms with Crippen LogP contribution in [0.25, 0.3) is 0 Å². The molecule has 0 aromatic heterocycles. The van der Waals surface area contributed by atoms with E-state index in [0.717, 1.165) is 21.6 Å². The number of amides is 2. The number of hydrogen-bond donors (Lipinski definition) is 0. The summed E-state index contributed by atoms with van der Waals surface area (Å²) in [6.45, 7) is 3.75. The molecule has 2 amide bonds. The summed E-state index contributed by atoms with van der Waals surface area (Å²) in [6.07, 6.45) is 0.177. The summed E-state index contributed by atoms with van der Waals surface area (Å²) in [5, 5.41) is 0. The van der Waals surface area contributed by atoms with Gasteiger partial charge < -0.3 is 4.74 Å². The van der Waals surface area contributed by atoms with E-state index in [1.807, 2.05) is 56.3 Å². The molecule has 5 nitrogen and oxygen atoms in total. The number of nitrogens with zero attached hydrogens (tertiary/aromatic N) is 1. The third-order valence-corrected chi connectivity index (χ3v) is 5.24. The van der Waals surface area contributed by atoms with Gasteiger partial charge in [0.25, 0.3) is 11.8 Å². The molecule has 0 bridgehead atoms. The average Bonchev–Trinajstić information content (AvgIpc) is 3.00. The lowest BCUT2D eigenvalue weighted by Crippen LogP contribution is -2.48. The lowest BCUT2D eigenvalue weighted by molar-refractivity contribution is -0.138. The maximum atomic E-state index is 13.2. The molecule has 1 aliphatic rings. The summed E-state index contributed by atoms with van der Waals surface area (Å²) in [5.74, 6) is -1.17. The zero-order chi connectivity index (χ0) is 21.3. The van der Waals surface area contributed by atoms with Crippen molar-refractivity contribution in [1.29, 1.82) is 0 Å². The Morgan fingerprint density at radius 3 is 2.10 bits per heavy atom. The number of carbonyl (C=O) groups excluding carboxylic acids is 3. The second kappa shape index (κ2) is 7.95. The summed E-state index contributed by atoms with van der Waals surface area (Å²) >= 11 is 0. The third-order valence-electron chi connectivity index (χ3n) is 5.24. The van der Waals surface area contributed by atoms with Crippen molar-refractivity contribution in [3.63, 3.8) is 0 Å². The topological polar surface area (TPSA) is 63.7 Å². The van der Waals surface area contributed by atoms with E-state index in [4.69, 9.17) is 4.74 Å². The maximum Gasteiger partial charge on any atom is 0.335 e. The molecule has 0 saturated heterocycles. The summed E-state index contributed by atoms with van der Waals surface area (Å²) in [5.41, 5.74) is 3.19. The number of benzene rings is 3. The van der Waals surface area contributed by atoms with Gasteiger partial charge in [-0.15, -0.1) is 0 Å². The van der Waals surface area contributed by atoms with E-state index in [0.29, 0.717) is 16.9 Å². The van der Waals surface area contributed by atoms with E-state index < -0.39 is 23.8 Å². The van der Waals surface area contributed by atoms with Gasteiger partial charge in [-0.05, 0) is 48.7 Å². The van der Waals surface area contributed by atoms with E-state index >= 15 is 0 Å². The molecule has 0 radical (unpaired) electrons. The highest BCUT2D eigenvalue weighted by Crippen LogP contribution is 2.28. The van der Waals surface area contributed by atoms with Crippen molar-refractivity contribution < 1.29 is 19.1 Å². The van der Waals surface area contributed by atoms with Crippen LogP contribution in [0.15, 0.2) is 72.8 Å². The normalized spacial score (nSPS) is 13.9. The molecular weight excluding hydrogens is 378 g/mol. The predicted octanol–water partition coefficient (Wildman–Crippen LogP) is 4.12. The minimum Gasteiger partial charge on any atom is -0.425 e. The van der Waals surface area contributed by atoms with Crippen LogP contribution in [0.1, 0.15) is 37.4 Å². The Labute approximate surface area is 174 Å². The van der Waals surface area contributed by atoms with Crippen LogP contribution in [0.3, 0.4) is 0 Å². The van der Waals surface area contributed by atoms with Crippen molar-refractivity contribution in [3.8, 4) is 5.75 Å². The predicted molar refractivity (Wildman–Crippen MR) is 112 cm³/mol. The van der Waals surface area contributed by atoms with Crippen molar-refractivity contribution in [2.45, 2.75) is 26.3 Å². The van der Waals surface area contributed by atoms with Gasteiger partial charge in [0.1, 0.15) is 11.8 Å². The largest absolute Gasteiger partial charge is 0.425 e. The van der Waals surface area contributed by atoms with Gasteiger partial charge in [-0.3, -0.25) is 14.5 Å². The highest BCUT2D eigenvalue weighted by molar-refractivity contribution is 6.22. The highest BCUT2D eigenvalue weighted by Gasteiger charge is 2.43.